The van der Waals surface area contributed by atoms with Gasteiger partial charge in [-0.15, -0.1) is 0 Å². The number of carbonyl (C=O) groups is 4. The van der Waals surface area contributed by atoms with Gasteiger partial charge in [0.05, 0.1) is 6.17 Å². The monoisotopic (exact) mass is 406 g/mol. The Morgan fingerprint density at radius 1 is 1.14 bits per heavy atom. The van der Waals surface area contributed by atoms with E-state index < -0.39 is 23.7 Å². The van der Waals surface area contributed by atoms with Crippen LogP contribution >= 0.6 is 0 Å². The number of fused-ring (bicyclic) bond motifs is 1. The molecule has 1 saturated heterocycles. The number of likely N-dealkylation sites (tertiary alicyclic amines) is 1. The average molecular weight is 407 g/mol. The van der Waals surface area contributed by atoms with Crippen molar-refractivity contribution in [1.82, 2.24) is 20.9 Å². The predicted octanol–water partition coefficient (Wildman–Crippen LogP) is 0.785. The van der Waals surface area contributed by atoms with Gasteiger partial charge in [0.25, 0.3) is 0 Å². The average Bonchev–Trinajstić information content (AvgIpc) is 2.94. The first-order valence-electron chi connectivity index (χ1n) is 10.0. The molecule has 0 bridgehead atoms. The van der Waals surface area contributed by atoms with Crippen LogP contribution in [-0.4, -0.2) is 53.3 Å². The van der Waals surface area contributed by atoms with Crippen LogP contribution in [0.15, 0.2) is 12.7 Å². The first-order chi connectivity index (χ1) is 13.2. The molecule has 1 aliphatic carbocycles. The molecule has 162 valence electrons. The van der Waals surface area contributed by atoms with Crippen molar-refractivity contribution in [2.75, 3.05) is 6.54 Å². The van der Waals surface area contributed by atoms with E-state index in [9.17, 15) is 19.2 Å². The summed E-state index contributed by atoms with van der Waals surface area (Å²) in [5.41, 5.74) is -0.533. The fourth-order valence-corrected chi connectivity index (χ4v) is 4.44. The van der Waals surface area contributed by atoms with E-state index in [2.05, 4.69) is 36.4 Å². The van der Waals surface area contributed by atoms with E-state index >= 15 is 0 Å². The van der Waals surface area contributed by atoms with Gasteiger partial charge in [-0.3, -0.25) is 19.2 Å². The normalized spacial score (nSPS) is 26.6. The molecule has 4 amide bonds. The van der Waals surface area contributed by atoms with Crippen LogP contribution in [0.5, 0.6) is 0 Å². The third kappa shape index (κ3) is 4.62. The smallest absolute Gasteiger partial charge is 0.246 e. The Morgan fingerprint density at radius 3 is 2.21 bits per heavy atom. The number of piperidine rings is 1. The van der Waals surface area contributed by atoms with Crippen molar-refractivity contribution in [2.45, 2.75) is 66.7 Å². The molecule has 1 saturated carbocycles. The Morgan fingerprint density at radius 2 is 1.72 bits per heavy atom. The summed E-state index contributed by atoms with van der Waals surface area (Å²) in [5, 5.41) is 8.14. The molecule has 0 unspecified atom stereocenters. The highest BCUT2D eigenvalue weighted by Gasteiger charge is 2.69. The molecule has 8 heteroatoms. The Hall–Kier alpha value is -2.38. The standard InChI is InChI=1S/C21H34N4O4/c1-9-14(27)22-11(2)23-18(28)16-15-13(21(15,7)8)10-25(16)19(29)17(20(4,5)6)24-12(3)26/h9,11,13,15-17H,1,10H2,2-8H3,(H,22,27)(H,23,28)(H,24,26)/t11-,13-,15-,16-,17+/m0/s1. The van der Waals surface area contributed by atoms with Gasteiger partial charge in [-0.1, -0.05) is 41.2 Å². The quantitative estimate of drug-likeness (QED) is 0.448. The lowest BCUT2D eigenvalue weighted by Crippen LogP contribution is -2.60. The second-order valence-corrected chi connectivity index (χ2v) is 9.83. The van der Waals surface area contributed by atoms with Crippen LogP contribution in [0.3, 0.4) is 0 Å². The molecular weight excluding hydrogens is 372 g/mol. The molecule has 0 radical (unpaired) electrons. The maximum atomic E-state index is 13.4. The third-order valence-electron chi connectivity index (χ3n) is 6.12. The van der Waals surface area contributed by atoms with E-state index in [1.807, 2.05) is 20.8 Å². The Balaban J connectivity index is 2.23. The van der Waals surface area contributed by atoms with E-state index in [0.29, 0.717) is 6.54 Å². The minimum Gasteiger partial charge on any atom is -0.344 e. The lowest BCUT2D eigenvalue weighted by molar-refractivity contribution is -0.145. The lowest BCUT2D eigenvalue weighted by atomic mass is 9.85. The van der Waals surface area contributed by atoms with Gasteiger partial charge in [-0.2, -0.15) is 0 Å². The molecule has 2 aliphatic rings. The van der Waals surface area contributed by atoms with E-state index in [1.54, 1.807) is 11.8 Å². The highest BCUT2D eigenvalue weighted by molar-refractivity contribution is 5.94. The van der Waals surface area contributed by atoms with E-state index in [0.717, 1.165) is 6.08 Å². The molecule has 0 spiro atoms. The van der Waals surface area contributed by atoms with Crippen molar-refractivity contribution in [3.8, 4) is 0 Å². The first kappa shape index (κ1) is 22.9. The van der Waals surface area contributed by atoms with Gasteiger partial charge in [0.15, 0.2) is 0 Å². The topological polar surface area (TPSA) is 108 Å². The zero-order chi connectivity index (χ0) is 22.3. The lowest BCUT2D eigenvalue weighted by Gasteiger charge is -2.37. The van der Waals surface area contributed by atoms with Gasteiger partial charge in [0.1, 0.15) is 12.1 Å². The summed E-state index contributed by atoms with van der Waals surface area (Å²) in [7, 11) is 0. The summed E-state index contributed by atoms with van der Waals surface area (Å²) in [6, 6.07) is -1.36. The number of hydrogen-bond donors (Lipinski definition) is 3. The van der Waals surface area contributed by atoms with Crippen LogP contribution in [0.4, 0.5) is 0 Å². The van der Waals surface area contributed by atoms with Crippen LogP contribution in [0.2, 0.25) is 0 Å². The molecule has 1 heterocycles. The summed E-state index contributed by atoms with van der Waals surface area (Å²) in [5.74, 6) is -0.947. The number of carbonyl (C=O) groups excluding carboxylic acids is 4. The molecule has 3 N–H and O–H groups in total. The zero-order valence-electron chi connectivity index (χ0n) is 18.5. The highest BCUT2D eigenvalue weighted by Crippen LogP contribution is 2.65. The van der Waals surface area contributed by atoms with Crippen LogP contribution in [0, 0.1) is 22.7 Å². The maximum Gasteiger partial charge on any atom is 0.246 e. The predicted molar refractivity (Wildman–Crippen MR) is 109 cm³/mol. The Labute approximate surface area is 172 Å². The van der Waals surface area contributed by atoms with Gasteiger partial charge in [-0.25, -0.2) is 0 Å². The molecule has 0 aromatic carbocycles. The number of nitrogens with one attached hydrogen (secondary N) is 3. The molecular formula is C21H34N4O4. The molecule has 0 aromatic heterocycles. The van der Waals surface area contributed by atoms with Gasteiger partial charge in [0, 0.05) is 13.5 Å². The number of rotatable bonds is 6. The third-order valence-corrected chi connectivity index (χ3v) is 6.12. The molecule has 2 rings (SSSR count). The summed E-state index contributed by atoms with van der Waals surface area (Å²) in [4.78, 5) is 51.2. The fraction of sp³-hybridized carbons (Fsp3) is 0.714. The molecule has 5 atom stereocenters. The van der Waals surface area contributed by atoms with Crippen molar-refractivity contribution in [1.29, 1.82) is 0 Å². The molecule has 1 aliphatic heterocycles. The van der Waals surface area contributed by atoms with Crippen LogP contribution in [0.1, 0.15) is 48.5 Å². The van der Waals surface area contributed by atoms with Gasteiger partial charge < -0.3 is 20.9 Å². The second kappa shape index (κ2) is 7.80. The largest absolute Gasteiger partial charge is 0.344 e. The SMILES string of the molecule is C=CC(=O)N[C@H](C)NC(=O)[C@@H]1[C@@H]2[C@H](CN1C(=O)[C@@H](NC(C)=O)C(C)(C)C)C2(C)C. The minimum atomic E-state index is -0.728. The van der Waals surface area contributed by atoms with Crippen molar-refractivity contribution in [3.63, 3.8) is 0 Å². The van der Waals surface area contributed by atoms with Gasteiger partial charge in [0.2, 0.25) is 23.6 Å². The summed E-state index contributed by atoms with van der Waals surface area (Å²) in [6.45, 7) is 16.8. The highest BCUT2D eigenvalue weighted by atomic mass is 16.2. The van der Waals surface area contributed by atoms with Crippen LogP contribution in [0.25, 0.3) is 0 Å². The summed E-state index contributed by atoms with van der Waals surface area (Å²) in [6.07, 6.45) is 0.537. The summed E-state index contributed by atoms with van der Waals surface area (Å²) >= 11 is 0. The number of hydrogen-bond acceptors (Lipinski definition) is 4. The van der Waals surface area contributed by atoms with E-state index in [4.69, 9.17) is 0 Å². The minimum absolute atomic E-state index is 0.0301. The van der Waals surface area contributed by atoms with Crippen molar-refractivity contribution < 1.29 is 19.2 Å². The van der Waals surface area contributed by atoms with Crippen molar-refractivity contribution >= 4 is 23.6 Å². The fourth-order valence-electron chi connectivity index (χ4n) is 4.44. The number of amides is 4. The second-order valence-electron chi connectivity index (χ2n) is 9.83. The molecule has 0 aromatic rings. The van der Waals surface area contributed by atoms with Crippen LogP contribution < -0.4 is 16.0 Å². The first-order valence-corrected chi connectivity index (χ1v) is 10.0. The summed E-state index contributed by atoms with van der Waals surface area (Å²) < 4.78 is 0. The van der Waals surface area contributed by atoms with E-state index in [-0.39, 0.29) is 40.9 Å². The van der Waals surface area contributed by atoms with Crippen LogP contribution in [-0.2, 0) is 19.2 Å². The van der Waals surface area contributed by atoms with Gasteiger partial charge in [-0.05, 0) is 35.7 Å². The maximum absolute atomic E-state index is 13.4. The van der Waals surface area contributed by atoms with Gasteiger partial charge >= 0.3 is 0 Å². The zero-order valence-corrected chi connectivity index (χ0v) is 18.5. The van der Waals surface area contributed by atoms with Crippen molar-refractivity contribution in [3.05, 3.63) is 12.7 Å². The molecule has 8 nitrogen and oxygen atoms in total. The molecule has 29 heavy (non-hydrogen) atoms. The number of nitrogens with zero attached hydrogens (tertiary/aromatic N) is 1. The Kier molecular flexibility index (Phi) is 6.16. The Bertz CT molecular complexity index is 725. The van der Waals surface area contributed by atoms with Crippen molar-refractivity contribution in [2.24, 2.45) is 22.7 Å². The molecule has 2 fully saturated rings. The van der Waals surface area contributed by atoms with E-state index in [1.165, 1.54) is 6.92 Å².